The molecular weight excluding hydrogens is 359 g/mol. The third-order valence-corrected chi connectivity index (χ3v) is 4.12. The van der Waals surface area contributed by atoms with Gasteiger partial charge in [0.2, 0.25) is 0 Å². The van der Waals surface area contributed by atoms with Gasteiger partial charge in [-0.1, -0.05) is 29.3 Å². The Morgan fingerprint density at radius 2 is 1.84 bits per heavy atom. The van der Waals surface area contributed by atoms with E-state index in [2.05, 4.69) is 20.6 Å². The molecule has 0 aliphatic heterocycles. The standard InChI is InChI=1S/C18H14Cl2N4O/c19-15-5-4-13(10-16(15)20)24-18(25)12-6-8-22-17(9-12)23-11-14-3-1-2-7-21-14/h1-10H,11H2,(H,22,23)(H,24,25). The van der Waals surface area contributed by atoms with Crippen LogP contribution in [0.2, 0.25) is 10.0 Å². The fraction of sp³-hybridized carbons (Fsp3) is 0.0556. The lowest BCUT2D eigenvalue weighted by atomic mass is 10.2. The Labute approximate surface area is 155 Å². The summed E-state index contributed by atoms with van der Waals surface area (Å²) in [4.78, 5) is 20.8. The van der Waals surface area contributed by atoms with Crippen molar-refractivity contribution in [3.8, 4) is 0 Å². The second-order valence-corrected chi connectivity index (χ2v) is 6.00. The van der Waals surface area contributed by atoms with Crippen LogP contribution in [0.4, 0.5) is 11.5 Å². The third-order valence-electron chi connectivity index (χ3n) is 3.38. The van der Waals surface area contributed by atoms with Crippen molar-refractivity contribution in [2.45, 2.75) is 6.54 Å². The fourth-order valence-electron chi connectivity index (χ4n) is 2.13. The van der Waals surface area contributed by atoms with Crippen molar-refractivity contribution in [2.75, 3.05) is 10.6 Å². The number of rotatable bonds is 5. The van der Waals surface area contributed by atoms with E-state index in [4.69, 9.17) is 23.2 Å². The highest BCUT2D eigenvalue weighted by Crippen LogP contribution is 2.25. The number of carbonyl (C=O) groups is 1. The maximum atomic E-state index is 12.4. The quantitative estimate of drug-likeness (QED) is 0.683. The van der Waals surface area contributed by atoms with E-state index >= 15 is 0 Å². The van der Waals surface area contributed by atoms with Crippen molar-refractivity contribution in [1.29, 1.82) is 0 Å². The van der Waals surface area contributed by atoms with Gasteiger partial charge < -0.3 is 10.6 Å². The van der Waals surface area contributed by atoms with Crippen molar-refractivity contribution >= 4 is 40.6 Å². The molecule has 0 spiro atoms. The summed E-state index contributed by atoms with van der Waals surface area (Å²) < 4.78 is 0. The molecule has 2 heterocycles. The summed E-state index contributed by atoms with van der Waals surface area (Å²) in [7, 11) is 0. The molecular formula is C18H14Cl2N4O. The van der Waals surface area contributed by atoms with Crippen LogP contribution >= 0.6 is 23.2 Å². The molecule has 0 saturated heterocycles. The molecule has 0 aliphatic rings. The number of carbonyl (C=O) groups excluding carboxylic acids is 1. The van der Waals surface area contributed by atoms with Crippen LogP contribution in [0.15, 0.2) is 60.9 Å². The first-order chi connectivity index (χ1) is 12.1. The molecule has 126 valence electrons. The maximum Gasteiger partial charge on any atom is 0.255 e. The van der Waals surface area contributed by atoms with E-state index in [0.29, 0.717) is 33.7 Å². The molecule has 0 atom stereocenters. The lowest BCUT2D eigenvalue weighted by Crippen LogP contribution is -2.13. The number of hydrogen-bond acceptors (Lipinski definition) is 4. The minimum atomic E-state index is -0.262. The molecule has 0 radical (unpaired) electrons. The number of pyridine rings is 2. The van der Waals surface area contributed by atoms with Crippen LogP contribution in [-0.4, -0.2) is 15.9 Å². The van der Waals surface area contributed by atoms with Crippen molar-refractivity contribution in [3.63, 3.8) is 0 Å². The molecule has 0 bridgehead atoms. The van der Waals surface area contributed by atoms with Crippen LogP contribution in [0.5, 0.6) is 0 Å². The maximum absolute atomic E-state index is 12.4. The highest BCUT2D eigenvalue weighted by atomic mass is 35.5. The molecule has 5 nitrogen and oxygen atoms in total. The molecule has 0 fully saturated rings. The van der Waals surface area contributed by atoms with Gasteiger partial charge in [0, 0.05) is 23.6 Å². The molecule has 3 aromatic rings. The number of nitrogens with one attached hydrogen (secondary N) is 2. The number of halogens is 2. The highest BCUT2D eigenvalue weighted by molar-refractivity contribution is 6.42. The summed E-state index contributed by atoms with van der Waals surface area (Å²) in [6.07, 6.45) is 3.30. The molecule has 0 saturated carbocycles. The first-order valence-corrected chi connectivity index (χ1v) is 8.23. The molecule has 1 aromatic carbocycles. The predicted octanol–water partition coefficient (Wildman–Crippen LogP) is 4.65. The van der Waals surface area contributed by atoms with E-state index in [9.17, 15) is 4.79 Å². The number of benzene rings is 1. The third kappa shape index (κ3) is 4.68. The first-order valence-electron chi connectivity index (χ1n) is 7.48. The highest BCUT2D eigenvalue weighted by Gasteiger charge is 2.09. The summed E-state index contributed by atoms with van der Waals surface area (Å²) in [6.45, 7) is 0.520. The van der Waals surface area contributed by atoms with Gasteiger partial charge in [0.1, 0.15) is 5.82 Å². The molecule has 0 aliphatic carbocycles. The van der Waals surface area contributed by atoms with Crippen molar-refractivity contribution < 1.29 is 4.79 Å². The minimum absolute atomic E-state index is 0.262. The number of amides is 1. The average Bonchev–Trinajstić information content (AvgIpc) is 2.64. The summed E-state index contributed by atoms with van der Waals surface area (Å²) in [5.41, 5.74) is 1.93. The Hall–Kier alpha value is -2.63. The monoisotopic (exact) mass is 372 g/mol. The lowest BCUT2D eigenvalue weighted by Gasteiger charge is -2.09. The van der Waals surface area contributed by atoms with E-state index in [1.807, 2.05) is 18.2 Å². The molecule has 2 N–H and O–H groups in total. The van der Waals surface area contributed by atoms with Gasteiger partial charge in [0.15, 0.2) is 0 Å². The predicted molar refractivity (Wildman–Crippen MR) is 100 cm³/mol. The van der Waals surface area contributed by atoms with Crippen molar-refractivity contribution in [1.82, 2.24) is 9.97 Å². The number of nitrogens with zero attached hydrogens (tertiary/aromatic N) is 2. The van der Waals surface area contributed by atoms with E-state index in [-0.39, 0.29) is 5.91 Å². The summed E-state index contributed by atoms with van der Waals surface area (Å²) in [6, 6.07) is 13.9. The fourth-order valence-corrected chi connectivity index (χ4v) is 2.43. The molecule has 0 unspecified atom stereocenters. The largest absolute Gasteiger partial charge is 0.364 e. The van der Waals surface area contributed by atoms with Gasteiger partial charge >= 0.3 is 0 Å². The zero-order valence-electron chi connectivity index (χ0n) is 13.0. The summed E-state index contributed by atoms with van der Waals surface area (Å²) in [5, 5.41) is 6.74. The zero-order chi connectivity index (χ0) is 17.6. The van der Waals surface area contributed by atoms with E-state index < -0.39 is 0 Å². The second-order valence-electron chi connectivity index (χ2n) is 5.19. The molecule has 2 aromatic heterocycles. The lowest BCUT2D eigenvalue weighted by molar-refractivity contribution is 0.102. The van der Waals surface area contributed by atoms with Gasteiger partial charge in [0.05, 0.1) is 22.3 Å². The van der Waals surface area contributed by atoms with Crippen LogP contribution in [0.3, 0.4) is 0 Å². The topological polar surface area (TPSA) is 66.9 Å². The van der Waals surface area contributed by atoms with Gasteiger partial charge in [-0.3, -0.25) is 9.78 Å². The SMILES string of the molecule is O=C(Nc1ccc(Cl)c(Cl)c1)c1ccnc(NCc2ccccn2)c1. The van der Waals surface area contributed by atoms with E-state index in [1.54, 1.807) is 42.7 Å². The summed E-state index contributed by atoms with van der Waals surface area (Å²) >= 11 is 11.8. The Balaban J connectivity index is 1.67. The van der Waals surface area contributed by atoms with Gasteiger partial charge in [-0.25, -0.2) is 4.98 Å². The van der Waals surface area contributed by atoms with Gasteiger partial charge in [-0.15, -0.1) is 0 Å². The Morgan fingerprint density at radius 1 is 0.960 bits per heavy atom. The number of anilines is 2. The zero-order valence-corrected chi connectivity index (χ0v) is 14.6. The number of hydrogen-bond donors (Lipinski definition) is 2. The van der Waals surface area contributed by atoms with Crippen LogP contribution in [0, 0.1) is 0 Å². The Bertz CT molecular complexity index is 887. The molecule has 25 heavy (non-hydrogen) atoms. The molecule has 7 heteroatoms. The minimum Gasteiger partial charge on any atom is -0.364 e. The van der Waals surface area contributed by atoms with Crippen molar-refractivity contribution in [3.05, 3.63) is 82.2 Å². The van der Waals surface area contributed by atoms with Gasteiger partial charge in [0.25, 0.3) is 5.91 Å². The molecule has 1 amide bonds. The Kier molecular flexibility index (Phi) is 5.48. The number of aromatic nitrogens is 2. The summed E-state index contributed by atoms with van der Waals surface area (Å²) in [5.74, 6) is 0.328. The Morgan fingerprint density at radius 3 is 2.60 bits per heavy atom. The van der Waals surface area contributed by atoms with Crippen LogP contribution in [-0.2, 0) is 6.54 Å². The van der Waals surface area contributed by atoms with Gasteiger partial charge in [-0.2, -0.15) is 0 Å². The van der Waals surface area contributed by atoms with Crippen LogP contribution in [0.1, 0.15) is 16.1 Å². The molecule has 3 rings (SSSR count). The van der Waals surface area contributed by atoms with E-state index in [0.717, 1.165) is 5.69 Å². The smallest absolute Gasteiger partial charge is 0.255 e. The van der Waals surface area contributed by atoms with Crippen LogP contribution in [0.25, 0.3) is 0 Å². The average molecular weight is 373 g/mol. The first kappa shape index (κ1) is 17.2. The van der Waals surface area contributed by atoms with E-state index in [1.165, 1.54) is 0 Å². The van der Waals surface area contributed by atoms with Gasteiger partial charge in [-0.05, 0) is 42.5 Å². The second kappa shape index (κ2) is 7.96. The van der Waals surface area contributed by atoms with Crippen molar-refractivity contribution in [2.24, 2.45) is 0 Å². The normalized spacial score (nSPS) is 10.3. The van der Waals surface area contributed by atoms with Crippen LogP contribution < -0.4 is 10.6 Å².